The van der Waals surface area contributed by atoms with Gasteiger partial charge in [-0.1, -0.05) is 12.1 Å². The highest BCUT2D eigenvalue weighted by molar-refractivity contribution is 5.78. The number of primary amides is 1. The first kappa shape index (κ1) is 16.5. The molecule has 4 N–H and O–H groups in total. The van der Waals surface area contributed by atoms with Gasteiger partial charge >= 0.3 is 0 Å². The van der Waals surface area contributed by atoms with Crippen LogP contribution in [0.3, 0.4) is 0 Å². The Hall–Kier alpha value is -2.93. The number of hydrogen-bond donors (Lipinski definition) is 2. The molecule has 2 aromatic rings. The Morgan fingerprint density at radius 3 is 2.69 bits per heavy atom. The van der Waals surface area contributed by atoms with Gasteiger partial charge in [0, 0.05) is 20.0 Å². The lowest BCUT2D eigenvalue weighted by atomic mass is 10.1. The van der Waals surface area contributed by atoms with Gasteiger partial charge in [0.25, 0.3) is 0 Å². The number of anilines is 2. The number of hydrogen-bond acceptors (Lipinski definition) is 6. The number of nitrogens with two attached hydrogens (primary N) is 2. The number of fused-ring (bicyclic) bond motifs is 2. The van der Waals surface area contributed by atoms with Gasteiger partial charge in [-0.15, -0.1) is 0 Å². The van der Waals surface area contributed by atoms with Crippen molar-refractivity contribution >= 4 is 17.3 Å². The number of benzene rings is 2. The molecule has 4 rings (SSSR count). The SMILES string of the molecule is CN1c2cc(CCC(N)=O)ccc2N(Cc2ccc3c(c2)OCO3)C1N. The zero-order valence-corrected chi connectivity index (χ0v) is 14.6. The summed E-state index contributed by atoms with van der Waals surface area (Å²) in [5.74, 6) is 1.25. The molecule has 2 aromatic carbocycles. The fraction of sp³-hybridized carbons (Fsp3) is 0.316. The highest BCUT2D eigenvalue weighted by Crippen LogP contribution is 2.40. The lowest BCUT2D eigenvalue weighted by molar-refractivity contribution is -0.117. The summed E-state index contributed by atoms with van der Waals surface area (Å²) in [4.78, 5) is 15.2. The van der Waals surface area contributed by atoms with Gasteiger partial charge < -0.3 is 25.0 Å². The van der Waals surface area contributed by atoms with Gasteiger partial charge in [0.15, 0.2) is 17.8 Å². The number of rotatable bonds is 5. The van der Waals surface area contributed by atoms with E-state index in [4.69, 9.17) is 20.9 Å². The minimum atomic E-state index is -0.292. The maximum Gasteiger partial charge on any atom is 0.231 e. The number of aryl methyl sites for hydroxylation is 1. The lowest BCUT2D eigenvalue weighted by Crippen LogP contribution is -2.47. The van der Waals surface area contributed by atoms with Crippen LogP contribution in [0.5, 0.6) is 11.5 Å². The average molecular weight is 354 g/mol. The van der Waals surface area contributed by atoms with Crippen molar-refractivity contribution < 1.29 is 14.3 Å². The standard InChI is InChI=1S/C19H22N4O3/c1-22-15-8-12(4-7-18(20)24)2-5-14(15)23(19(22)21)10-13-3-6-16-17(9-13)26-11-25-16/h2-3,5-6,8-9,19H,4,7,10-11,21H2,1H3,(H2,20,24). The van der Waals surface area contributed by atoms with Gasteiger partial charge in [0.05, 0.1) is 11.4 Å². The second kappa shape index (κ2) is 6.42. The van der Waals surface area contributed by atoms with Crippen LogP contribution >= 0.6 is 0 Å². The van der Waals surface area contributed by atoms with Gasteiger partial charge in [0.2, 0.25) is 12.7 Å². The zero-order chi connectivity index (χ0) is 18.3. The first-order valence-corrected chi connectivity index (χ1v) is 8.58. The summed E-state index contributed by atoms with van der Waals surface area (Å²) in [5, 5.41) is 0. The van der Waals surface area contributed by atoms with E-state index >= 15 is 0 Å². The van der Waals surface area contributed by atoms with E-state index in [1.807, 2.05) is 36.2 Å². The molecular formula is C19H22N4O3. The Labute approximate surface area is 152 Å². The second-order valence-electron chi connectivity index (χ2n) is 6.63. The molecule has 26 heavy (non-hydrogen) atoms. The minimum absolute atomic E-state index is 0.262. The molecule has 1 atom stereocenters. The van der Waals surface area contributed by atoms with E-state index in [1.165, 1.54) is 0 Å². The van der Waals surface area contributed by atoms with Crippen LogP contribution in [0.25, 0.3) is 0 Å². The lowest BCUT2D eigenvalue weighted by Gasteiger charge is -2.27. The Bertz CT molecular complexity index is 855. The van der Waals surface area contributed by atoms with Gasteiger partial charge in [-0.05, 0) is 41.8 Å². The molecule has 0 saturated carbocycles. The van der Waals surface area contributed by atoms with E-state index in [1.54, 1.807) is 0 Å². The molecule has 136 valence electrons. The number of carbonyl (C=O) groups excluding carboxylic acids is 1. The summed E-state index contributed by atoms with van der Waals surface area (Å²) < 4.78 is 10.8. The summed E-state index contributed by atoms with van der Waals surface area (Å²) in [6.07, 6.45) is 0.713. The van der Waals surface area contributed by atoms with Crippen molar-refractivity contribution in [3.8, 4) is 11.5 Å². The summed E-state index contributed by atoms with van der Waals surface area (Å²) in [6.45, 7) is 0.928. The third-order valence-corrected chi connectivity index (χ3v) is 4.90. The normalized spacial score (nSPS) is 17.5. The molecule has 0 saturated heterocycles. The van der Waals surface area contributed by atoms with Crippen molar-refractivity contribution in [2.24, 2.45) is 11.5 Å². The van der Waals surface area contributed by atoms with Gasteiger partial charge in [0.1, 0.15) is 0 Å². The Morgan fingerprint density at radius 1 is 1.12 bits per heavy atom. The Morgan fingerprint density at radius 2 is 1.88 bits per heavy atom. The molecule has 1 unspecified atom stereocenters. The Balaban J connectivity index is 1.58. The van der Waals surface area contributed by atoms with Crippen LogP contribution in [0.2, 0.25) is 0 Å². The van der Waals surface area contributed by atoms with E-state index in [9.17, 15) is 4.79 Å². The second-order valence-corrected chi connectivity index (χ2v) is 6.63. The largest absolute Gasteiger partial charge is 0.454 e. The van der Waals surface area contributed by atoms with Crippen LogP contribution in [0.1, 0.15) is 17.5 Å². The van der Waals surface area contributed by atoms with Crippen LogP contribution in [0.15, 0.2) is 36.4 Å². The summed E-state index contributed by atoms with van der Waals surface area (Å²) >= 11 is 0. The Kier molecular flexibility index (Phi) is 4.08. The highest BCUT2D eigenvalue weighted by Gasteiger charge is 2.31. The van der Waals surface area contributed by atoms with Crippen molar-refractivity contribution in [2.75, 3.05) is 23.6 Å². The van der Waals surface area contributed by atoms with E-state index in [0.717, 1.165) is 34.0 Å². The summed E-state index contributed by atoms with van der Waals surface area (Å²) in [5.41, 5.74) is 16.0. The van der Waals surface area contributed by atoms with Crippen LogP contribution in [0, 0.1) is 0 Å². The maximum atomic E-state index is 11.0. The molecule has 1 amide bonds. The molecule has 2 aliphatic heterocycles. The monoisotopic (exact) mass is 354 g/mol. The summed E-state index contributed by atoms with van der Waals surface area (Å²) in [6, 6.07) is 12.1. The molecule has 7 nitrogen and oxygen atoms in total. The van der Waals surface area contributed by atoms with Crippen molar-refractivity contribution in [1.82, 2.24) is 0 Å². The van der Waals surface area contributed by atoms with Gasteiger partial charge in [-0.2, -0.15) is 0 Å². The smallest absolute Gasteiger partial charge is 0.231 e. The quantitative estimate of drug-likeness (QED) is 0.846. The minimum Gasteiger partial charge on any atom is -0.454 e. The van der Waals surface area contributed by atoms with Crippen molar-refractivity contribution in [3.05, 3.63) is 47.5 Å². The topological polar surface area (TPSA) is 94.0 Å². The van der Waals surface area contributed by atoms with Gasteiger partial charge in [-0.25, -0.2) is 0 Å². The highest BCUT2D eigenvalue weighted by atomic mass is 16.7. The molecule has 0 aliphatic carbocycles. The number of amides is 1. The summed E-state index contributed by atoms with van der Waals surface area (Å²) in [7, 11) is 1.97. The third-order valence-electron chi connectivity index (χ3n) is 4.90. The van der Waals surface area contributed by atoms with Crippen LogP contribution in [0.4, 0.5) is 11.4 Å². The fourth-order valence-corrected chi connectivity index (χ4v) is 3.43. The van der Waals surface area contributed by atoms with E-state index in [-0.39, 0.29) is 19.0 Å². The van der Waals surface area contributed by atoms with Crippen LogP contribution in [-0.2, 0) is 17.8 Å². The molecule has 0 fully saturated rings. The first-order valence-electron chi connectivity index (χ1n) is 8.58. The van der Waals surface area contributed by atoms with Crippen LogP contribution < -0.4 is 30.7 Å². The van der Waals surface area contributed by atoms with Crippen molar-refractivity contribution in [2.45, 2.75) is 25.7 Å². The zero-order valence-electron chi connectivity index (χ0n) is 14.6. The van der Waals surface area contributed by atoms with E-state index in [0.29, 0.717) is 19.4 Å². The molecule has 7 heteroatoms. The van der Waals surface area contributed by atoms with Crippen LogP contribution in [-0.4, -0.2) is 26.0 Å². The molecule has 2 heterocycles. The average Bonchev–Trinajstić information content (AvgIpc) is 3.18. The number of carbonyl (C=O) groups is 1. The molecule has 0 aromatic heterocycles. The predicted molar refractivity (Wildman–Crippen MR) is 99.1 cm³/mol. The third kappa shape index (κ3) is 2.90. The molecule has 0 bridgehead atoms. The first-order chi connectivity index (χ1) is 12.5. The molecule has 0 radical (unpaired) electrons. The van der Waals surface area contributed by atoms with Crippen molar-refractivity contribution in [1.29, 1.82) is 0 Å². The molecule has 0 spiro atoms. The molecule has 2 aliphatic rings. The fourth-order valence-electron chi connectivity index (χ4n) is 3.43. The van der Waals surface area contributed by atoms with Gasteiger partial charge in [-0.3, -0.25) is 10.5 Å². The predicted octanol–water partition coefficient (Wildman–Crippen LogP) is 1.53. The van der Waals surface area contributed by atoms with Crippen molar-refractivity contribution in [3.63, 3.8) is 0 Å². The number of nitrogens with zero attached hydrogens (tertiary/aromatic N) is 2. The van der Waals surface area contributed by atoms with E-state index < -0.39 is 0 Å². The van der Waals surface area contributed by atoms with E-state index in [2.05, 4.69) is 17.0 Å². The molecular weight excluding hydrogens is 332 g/mol. The maximum absolute atomic E-state index is 11.0. The number of ether oxygens (including phenoxy) is 2.